The molecule has 2 rings (SSSR count). The van der Waals surface area contributed by atoms with Crippen LogP contribution in [0.3, 0.4) is 0 Å². The Morgan fingerprint density at radius 1 is 1.05 bits per heavy atom. The lowest BCUT2D eigenvalue weighted by molar-refractivity contribution is 0.101. The van der Waals surface area contributed by atoms with E-state index in [-0.39, 0.29) is 5.78 Å². The van der Waals surface area contributed by atoms with E-state index in [1.807, 2.05) is 12.1 Å². The predicted molar refractivity (Wildman–Crippen MR) is 81.6 cm³/mol. The van der Waals surface area contributed by atoms with E-state index in [4.69, 9.17) is 0 Å². The number of aryl methyl sites for hydroxylation is 3. The first-order valence-corrected chi connectivity index (χ1v) is 6.94. The van der Waals surface area contributed by atoms with Gasteiger partial charge in [-0.15, -0.1) is 0 Å². The first-order chi connectivity index (χ1) is 8.88. The first kappa shape index (κ1) is 13.9. The van der Waals surface area contributed by atoms with E-state index in [9.17, 15) is 4.79 Å². The molecule has 1 heterocycles. The van der Waals surface area contributed by atoms with E-state index in [0.717, 1.165) is 5.56 Å². The normalized spacial score (nSPS) is 10.6. The van der Waals surface area contributed by atoms with Gasteiger partial charge in [-0.3, -0.25) is 4.79 Å². The van der Waals surface area contributed by atoms with E-state index in [1.54, 1.807) is 0 Å². The van der Waals surface area contributed by atoms with Crippen LogP contribution in [-0.2, 0) is 0 Å². The first-order valence-electron chi connectivity index (χ1n) is 6.15. The Balaban J connectivity index is 2.69. The minimum atomic E-state index is -0.0232. The number of pyridine rings is 1. The fourth-order valence-corrected chi connectivity index (χ4v) is 2.89. The molecular weight excluding hydrogens is 302 g/mol. The third kappa shape index (κ3) is 2.92. The SMILES string of the molecule is CC(=O)c1cc(-c2c(C)cc(C)cc2C)cc(Br)n1. The second kappa shape index (κ2) is 5.25. The topological polar surface area (TPSA) is 30.0 Å². The standard InChI is InChI=1S/C16H16BrNO/c1-9-5-10(2)16(11(3)6-9)13-7-14(12(4)19)18-15(17)8-13/h5-8H,1-4H3. The molecule has 2 aromatic rings. The highest BCUT2D eigenvalue weighted by Gasteiger charge is 2.11. The number of nitrogens with zero attached hydrogens (tertiary/aromatic N) is 1. The molecule has 0 fully saturated rings. The fraction of sp³-hybridized carbons (Fsp3) is 0.250. The van der Waals surface area contributed by atoms with Crippen molar-refractivity contribution in [3.8, 4) is 11.1 Å². The van der Waals surface area contributed by atoms with Crippen molar-refractivity contribution < 1.29 is 4.79 Å². The average molecular weight is 318 g/mol. The molecule has 1 aromatic heterocycles. The molecule has 98 valence electrons. The van der Waals surface area contributed by atoms with Crippen LogP contribution in [-0.4, -0.2) is 10.8 Å². The van der Waals surface area contributed by atoms with E-state index >= 15 is 0 Å². The van der Waals surface area contributed by atoms with E-state index in [1.165, 1.54) is 29.2 Å². The molecule has 2 nitrogen and oxygen atoms in total. The van der Waals surface area contributed by atoms with Gasteiger partial charge in [0.05, 0.1) is 0 Å². The average Bonchev–Trinajstić information content (AvgIpc) is 2.26. The maximum atomic E-state index is 11.5. The number of hydrogen-bond donors (Lipinski definition) is 0. The number of halogens is 1. The molecule has 3 heteroatoms. The number of hydrogen-bond acceptors (Lipinski definition) is 2. The number of carbonyl (C=O) groups is 1. The molecule has 0 saturated heterocycles. The third-order valence-electron chi connectivity index (χ3n) is 3.12. The van der Waals surface area contributed by atoms with Gasteiger partial charge in [-0.1, -0.05) is 17.7 Å². The molecular formula is C16H16BrNO. The van der Waals surface area contributed by atoms with Gasteiger partial charge in [0, 0.05) is 6.92 Å². The molecule has 0 spiro atoms. The maximum absolute atomic E-state index is 11.5. The number of rotatable bonds is 2. The lowest BCUT2D eigenvalue weighted by Gasteiger charge is -2.12. The zero-order valence-corrected chi connectivity index (χ0v) is 13.1. The Morgan fingerprint density at radius 3 is 2.16 bits per heavy atom. The van der Waals surface area contributed by atoms with Crippen LogP contribution in [0.5, 0.6) is 0 Å². The summed E-state index contributed by atoms with van der Waals surface area (Å²) < 4.78 is 0.689. The highest BCUT2D eigenvalue weighted by Crippen LogP contribution is 2.30. The van der Waals surface area contributed by atoms with Gasteiger partial charge < -0.3 is 0 Å². The summed E-state index contributed by atoms with van der Waals surface area (Å²) in [4.78, 5) is 15.7. The molecule has 0 aliphatic heterocycles. The van der Waals surface area contributed by atoms with E-state index in [0.29, 0.717) is 10.3 Å². The summed E-state index contributed by atoms with van der Waals surface area (Å²) in [5, 5.41) is 0. The molecule has 0 aliphatic carbocycles. The summed E-state index contributed by atoms with van der Waals surface area (Å²) in [5.74, 6) is -0.0232. The highest BCUT2D eigenvalue weighted by molar-refractivity contribution is 9.10. The molecule has 0 N–H and O–H groups in total. The summed E-state index contributed by atoms with van der Waals surface area (Å²) in [5.41, 5.74) is 6.37. The second-order valence-electron chi connectivity index (χ2n) is 4.89. The molecule has 0 amide bonds. The summed E-state index contributed by atoms with van der Waals surface area (Å²) in [6.45, 7) is 7.81. The molecule has 19 heavy (non-hydrogen) atoms. The zero-order chi connectivity index (χ0) is 14.2. The quantitative estimate of drug-likeness (QED) is 0.596. The maximum Gasteiger partial charge on any atom is 0.178 e. The van der Waals surface area contributed by atoms with Crippen LogP contribution >= 0.6 is 15.9 Å². The van der Waals surface area contributed by atoms with Gasteiger partial charge in [0.25, 0.3) is 0 Å². The van der Waals surface area contributed by atoms with Gasteiger partial charge in [0.15, 0.2) is 5.78 Å². The second-order valence-corrected chi connectivity index (χ2v) is 5.71. The summed E-state index contributed by atoms with van der Waals surface area (Å²) in [6.07, 6.45) is 0. The fourth-order valence-electron chi connectivity index (χ4n) is 2.46. The largest absolute Gasteiger partial charge is 0.293 e. The van der Waals surface area contributed by atoms with Crippen LogP contribution in [0, 0.1) is 20.8 Å². The molecule has 0 bridgehead atoms. The van der Waals surface area contributed by atoms with Gasteiger partial charge in [-0.05, 0) is 71.1 Å². The molecule has 0 saturated carbocycles. The van der Waals surface area contributed by atoms with Gasteiger partial charge in [0.2, 0.25) is 0 Å². The minimum absolute atomic E-state index is 0.0232. The Bertz CT molecular complexity index is 639. The van der Waals surface area contributed by atoms with Crippen LogP contribution in [0.15, 0.2) is 28.9 Å². The van der Waals surface area contributed by atoms with Crippen LogP contribution in [0.4, 0.5) is 0 Å². The van der Waals surface area contributed by atoms with Crippen molar-refractivity contribution in [3.63, 3.8) is 0 Å². The summed E-state index contributed by atoms with van der Waals surface area (Å²) in [7, 11) is 0. The number of ketones is 1. The van der Waals surface area contributed by atoms with Gasteiger partial charge >= 0.3 is 0 Å². The summed E-state index contributed by atoms with van der Waals surface area (Å²) >= 11 is 3.38. The van der Waals surface area contributed by atoms with Crippen molar-refractivity contribution in [1.82, 2.24) is 4.98 Å². The molecule has 0 unspecified atom stereocenters. The van der Waals surface area contributed by atoms with Crippen molar-refractivity contribution in [2.75, 3.05) is 0 Å². The van der Waals surface area contributed by atoms with Crippen molar-refractivity contribution in [1.29, 1.82) is 0 Å². The van der Waals surface area contributed by atoms with Crippen LogP contribution in [0.1, 0.15) is 34.1 Å². The van der Waals surface area contributed by atoms with Crippen molar-refractivity contribution >= 4 is 21.7 Å². The Hall–Kier alpha value is -1.48. The number of benzene rings is 1. The third-order valence-corrected chi connectivity index (χ3v) is 3.53. The number of carbonyl (C=O) groups excluding carboxylic acids is 1. The Kier molecular flexibility index (Phi) is 3.85. The van der Waals surface area contributed by atoms with Crippen molar-refractivity contribution in [2.45, 2.75) is 27.7 Å². The van der Waals surface area contributed by atoms with Crippen molar-refractivity contribution in [2.24, 2.45) is 0 Å². The molecule has 0 aliphatic rings. The Morgan fingerprint density at radius 2 is 1.63 bits per heavy atom. The van der Waals surface area contributed by atoms with Crippen LogP contribution in [0.2, 0.25) is 0 Å². The monoisotopic (exact) mass is 317 g/mol. The smallest absolute Gasteiger partial charge is 0.178 e. The molecule has 0 atom stereocenters. The predicted octanol–water partition coefficient (Wildman–Crippen LogP) is 4.64. The molecule has 0 radical (unpaired) electrons. The van der Waals surface area contributed by atoms with Gasteiger partial charge in [-0.25, -0.2) is 4.98 Å². The van der Waals surface area contributed by atoms with Crippen LogP contribution < -0.4 is 0 Å². The summed E-state index contributed by atoms with van der Waals surface area (Å²) in [6, 6.07) is 8.13. The van der Waals surface area contributed by atoms with E-state index < -0.39 is 0 Å². The number of Topliss-reactive ketones (excluding diaryl/α,β-unsaturated/α-hetero) is 1. The lowest BCUT2D eigenvalue weighted by Crippen LogP contribution is -1.99. The minimum Gasteiger partial charge on any atom is -0.293 e. The molecule has 1 aromatic carbocycles. The van der Waals surface area contributed by atoms with Crippen molar-refractivity contribution in [3.05, 3.63) is 51.3 Å². The zero-order valence-electron chi connectivity index (χ0n) is 11.5. The van der Waals surface area contributed by atoms with E-state index in [2.05, 4.69) is 53.8 Å². The van der Waals surface area contributed by atoms with Gasteiger partial charge in [0.1, 0.15) is 10.3 Å². The highest BCUT2D eigenvalue weighted by atomic mass is 79.9. The van der Waals surface area contributed by atoms with Gasteiger partial charge in [-0.2, -0.15) is 0 Å². The number of aromatic nitrogens is 1. The lowest BCUT2D eigenvalue weighted by atomic mass is 9.94. The van der Waals surface area contributed by atoms with Crippen LogP contribution in [0.25, 0.3) is 11.1 Å². The Labute approximate surface area is 122 Å².